The smallest absolute Gasteiger partial charge is 0.179 e. The fourth-order valence-corrected chi connectivity index (χ4v) is 2.65. The highest BCUT2D eigenvalue weighted by Gasteiger charge is 2.26. The first kappa shape index (κ1) is 13.1. The molecule has 0 bridgehead atoms. The molecule has 1 aliphatic rings. The van der Waals surface area contributed by atoms with Crippen LogP contribution in [0.15, 0.2) is 36.7 Å². The van der Waals surface area contributed by atoms with Gasteiger partial charge in [0.15, 0.2) is 5.78 Å². The van der Waals surface area contributed by atoms with Gasteiger partial charge in [-0.1, -0.05) is 29.8 Å². The molecular weight excluding hydrogens is 250 g/mol. The fourth-order valence-electron chi connectivity index (χ4n) is 2.65. The lowest BCUT2D eigenvalue weighted by Crippen LogP contribution is -2.43. The van der Waals surface area contributed by atoms with E-state index < -0.39 is 0 Å². The van der Waals surface area contributed by atoms with Gasteiger partial charge in [0, 0.05) is 31.0 Å². The van der Waals surface area contributed by atoms with Crippen molar-refractivity contribution in [2.75, 3.05) is 6.54 Å². The Morgan fingerprint density at radius 1 is 1.25 bits per heavy atom. The molecule has 2 aromatic rings. The van der Waals surface area contributed by atoms with Gasteiger partial charge in [-0.05, 0) is 13.8 Å². The number of imidazole rings is 1. The normalized spacial score (nSPS) is 16.7. The van der Waals surface area contributed by atoms with Crippen molar-refractivity contribution in [3.05, 3.63) is 53.6 Å². The predicted octanol–water partition coefficient (Wildman–Crippen LogP) is 2.28. The first-order chi connectivity index (χ1) is 9.65. The number of hydrogen-bond donors (Lipinski definition) is 0. The van der Waals surface area contributed by atoms with Crippen molar-refractivity contribution in [3.8, 4) is 0 Å². The summed E-state index contributed by atoms with van der Waals surface area (Å²) < 4.78 is 2.15. The van der Waals surface area contributed by atoms with Gasteiger partial charge in [-0.25, -0.2) is 4.98 Å². The molecular formula is C16H19N3O. The van der Waals surface area contributed by atoms with Crippen LogP contribution in [-0.4, -0.2) is 32.8 Å². The lowest BCUT2D eigenvalue weighted by Gasteiger charge is -2.31. The zero-order chi connectivity index (χ0) is 14.1. The van der Waals surface area contributed by atoms with E-state index >= 15 is 0 Å². The number of nitrogens with zero attached hydrogens (tertiary/aromatic N) is 3. The monoisotopic (exact) mass is 269 g/mol. The van der Waals surface area contributed by atoms with Gasteiger partial charge in [-0.15, -0.1) is 0 Å². The summed E-state index contributed by atoms with van der Waals surface area (Å²) in [4.78, 5) is 19.1. The Kier molecular flexibility index (Phi) is 3.40. The number of aryl methyl sites for hydroxylation is 1. The Morgan fingerprint density at radius 2 is 2.00 bits per heavy atom. The van der Waals surface area contributed by atoms with E-state index in [1.807, 2.05) is 50.5 Å². The SMILES string of the molecule is Cc1ccc(C(=O)C(C)N2CCn3ccnc3C2)cc1. The third-order valence-electron chi connectivity index (χ3n) is 4.04. The van der Waals surface area contributed by atoms with Crippen molar-refractivity contribution in [1.82, 2.24) is 14.5 Å². The number of carbonyl (C=O) groups excluding carboxylic acids is 1. The largest absolute Gasteiger partial charge is 0.333 e. The number of carbonyl (C=O) groups is 1. The van der Waals surface area contributed by atoms with Gasteiger partial charge >= 0.3 is 0 Å². The van der Waals surface area contributed by atoms with Crippen LogP contribution in [0.2, 0.25) is 0 Å². The van der Waals surface area contributed by atoms with Crippen molar-refractivity contribution in [3.63, 3.8) is 0 Å². The van der Waals surface area contributed by atoms with E-state index in [-0.39, 0.29) is 11.8 Å². The Bertz CT molecular complexity index is 615. The molecule has 0 N–H and O–H groups in total. The van der Waals surface area contributed by atoms with Crippen molar-refractivity contribution in [2.24, 2.45) is 0 Å². The van der Waals surface area contributed by atoms with Crippen LogP contribution in [0.4, 0.5) is 0 Å². The molecule has 20 heavy (non-hydrogen) atoms. The van der Waals surface area contributed by atoms with Crippen LogP contribution in [0.25, 0.3) is 0 Å². The standard InChI is InChI=1S/C16H19N3O/c1-12-3-5-14(6-4-12)16(20)13(2)19-10-9-18-8-7-17-15(18)11-19/h3-8,13H,9-11H2,1-2H3. The summed E-state index contributed by atoms with van der Waals surface area (Å²) in [6, 6.07) is 7.70. The molecule has 4 heteroatoms. The van der Waals surface area contributed by atoms with Crippen LogP contribution >= 0.6 is 0 Å². The summed E-state index contributed by atoms with van der Waals surface area (Å²) >= 11 is 0. The minimum Gasteiger partial charge on any atom is -0.333 e. The summed E-state index contributed by atoms with van der Waals surface area (Å²) in [7, 11) is 0. The molecule has 0 aliphatic carbocycles. The second-order valence-corrected chi connectivity index (χ2v) is 5.41. The third kappa shape index (κ3) is 2.39. The first-order valence-corrected chi connectivity index (χ1v) is 7.00. The van der Waals surface area contributed by atoms with E-state index in [0.717, 1.165) is 31.0 Å². The van der Waals surface area contributed by atoms with Crippen molar-refractivity contribution < 1.29 is 4.79 Å². The molecule has 0 fully saturated rings. The number of ketones is 1. The number of Topliss-reactive ketones (excluding diaryl/α,β-unsaturated/α-hetero) is 1. The van der Waals surface area contributed by atoms with Crippen LogP contribution in [0, 0.1) is 6.92 Å². The highest BCUT2D eigenvalue weighted by atomic mass is 16.1. The summed E-state index contributed by atoms with van der Waals surface area (Å²) in [6.45, 7) is 6.55. The molecule has 1 aromatic carbocycles. The molecule has 0 spiro atoms. The highest BCUT2D eigenvalue weighted by molar-refractivity contribution is 5.99. The summed E-state index contributed by atoms with van der Waals surface area (Å²) in [6.07, 6.45) is 3.82. The summed E-state index contributed by atoms with van der Waals surface area (Å²) in [5, 5.41) is 0. The lowest BCUT2D eigenvalue weighted by atomic mass is 10.0. The Balaban J connectivity index is 1.74. The molecule has 0 radical (unpaired) electrons. The van der Waals surface area contributed by atoms with E-state index in [2.05, 4.69) is 14.5 Å². The number of hydrogen-bond acceptors (Lipinski definition) is 3. The number of benzene rings is 1. The van der Waals surface area contributed by atoms with Crippen LogP contribution < -0.4 is 0 Å². The maximum Gasteiger partial charge on any atom is 0.179 e. The van der Waals surface area contributed by atoms with Crippen LogP contribution in [0.1, 0.15) is 28.7 Å². The second-order valence-electron chi connectivity index (χ2n) is 5.41. The first-order valence-electron chi connectivity index (χ1n) is 7.00. The van der Waals surface area contributed by atoms with E-state index in [1.54, 1.807) is 0 Å². The Hall–Kier alpha value is -1.94. The fraction of sp³-hybridized carbons (Fsp3) is 0.375. The lowest BCUT2D eigenvalue weighted by molar-refractivity contribution is 0.0793. The molecule has 1 unspecified atom stereocenters. The molecule has 2 heterocycles. The molecule has 4 nitrogen and oxygen atoms in total. The second kappa shape index (κ2) is 5.21. The highest BCUT2D eigenvalue weighted by Crippen LogP contribution is 2.16. The van der Waals surface area contributed by atoms with Gasteiger partial charge in [0.2, 0.25) is 0 Å². The zero-order valence-corrected chi connectivity index (χ0v) is 11.9. The number of aromatic nitrogens is 2. The minimum absolute atomic E-state index is 0.108. The maximum atomic E-state index is 12.5. The van der Waals surface area contributed by atoms with Crippen molar-refractivity contribution >= 4 is 5.78 Å². The van der Waals surface area contributed by atoms with E-state index in [1.165, 1.54) is 5.56 Å². The average Bonchev–Trinajstić information content (AvgIpc) is 2.94. The van der Waals surface area contributed by atoms with Crippen molar-refractivity contribution in [1.29, 1.82) is 0 Å². The van der Waals surface area contributed by atoms with Gasteiger partial charge in [-0.2, -0.15) is 0 Å². The molecule has 0 amide bonds. The quantitative estimate of drug-likeness (QED) is 0.802. The minimum atomic E-state index is -0.108. The van der Waals surface area contributed by atoms with Crippen LogP contribution in [0.3, 0.4) is 0 Å². The maximum absolute atomic E-state index is 12.5. The zero-order valence-electron chi connectivity index (χ0n) is 11.9. The van der Waals surface area contributed by atoms with Gasteiger partial charge in [0.25, 0.3) is 0 Å². The molecule has 0 saturated heterocycles. The molecule has 3 rings (SSSR count). The van der Waals surface area contributed by atoms with E-state index in [4.69, 9.17) is 0 Å². The van der Waals surface area contributed by atoms with Crippen LogP contribution in [0.5, 0.6) is 0 Å². The van der Waals surface area contributed by atoms with Gasteiger partial charge in [0.1, 0.15) is 5.82 Å². The summed E-state index contributed by atoms with van der Waals surface area (Å²) in [5.41, 5.74) is 1.96. The van der Waals surface area contributed by atoms with Gasteiger partial charge in [-0.3, -0.25) is 9.69 Å². The predicted molar refractivity (Wildman–Crippen MR) is 77.6 cm³/mol. The van der Waals surface area contributed by atoms with Crippen molar-refractivity contribution in [2.45, 2.75) is 33.0 Å². The third-order valence-corrected chi connectivity index (χ3v) is 4.04. The van der Waals surface area contributed by atoms with Gasteiger partial charge in [0.05, 0.1) is 12.6 Å². The van der Waals surface area contributed by atoms with Crippen LogP contribution in [-0.2, 0) is 13.1 Å². The molecule has 104 valence electrons. The van der Waals surface area contributed by atoms with Gasteiger partial charge < -0.3 is 4.57 Å². The summed E-state index contributed by atoms with van der Waals surface area (Å²) in [5.74, 6) is 1.23. The number of rotatable bonds is 3. The molecule has 0 saturated carbocycles. The molecule has 1 aromatic heterocycles. The van der Waals surface area contributed by atoms with E-state index in [0.29, 0.717) is 0 Å². The molecule has 1 atom stereocenters. The average molecular weight is 269 g/mol. The van der Waals surface area contributed by atoms with E-state index in [9.17, 15) is 4.79 Å². The Labute approximate surface area is 119 Å². The molecule has 1 aliphatic heterocycles. The Morgan fingerprint density at radius 3 is 2.75 bits per heavy atom. The number of fused-ring (bicyclic) bond motifs is 1. The topological polar surface area (TPSA) is 38.1 Å².